The number of thiol groups is 1. The van der Waals surface area contributed by atoms with E-state index in [4.69, 9.17) is 5.14 Å². The van der Waals surface area contributed by atoms with Gasteiger partial charge in [0, 0.05) is 14.3 Å². The van der Waals surface area contributed by atoms with Crippen molar-refractivity contribution in [3.05, 3.63) is 22.7 Å². The molecular formula is C6H6BrNS2. The average Bonchev–Trinajstić information content (AvgIpc) is 1.94. The summed E-state index contributed by atoms with van der Waals surface area (Å²) in [5.41, 5.74) is 0. The molecule has 0 aliphatic carbocycles. The van der Waals surface area contributed by atoms with Gasteiger partial charge in [0.25, 0.3) is 0 Å². The number of rotatable bonds is 1. The minimum Gasteiger partial charge on any atom is -0.274 e. The van der Waals surface area contributed by atoms with Gasteiger partial charge in [0.05, 0.1) is 0 Å². The lowest BCUT2D eigenvalue weighted by Gasteiger charge is -1.99. The highest BCUT2D eigenvalue weighted by Crippen LogP contribution is 2.25. The van der Waals surface area contributed by atoms with E-state index < -0.39 is 0 Å². The van der Waals surface area contributed by atoms with Crippen LogP contribution in [0.25, 0.3) is 0 Å². The van der Waals surface area contributed by atoms with Gasteiger partial charge in [-0.2, -0.15) is 0 Å². The Morgan fingerprint density at radius 3 is 2.70 bits per heavy atom. The average molecular weight is 236 g/mol. The summed E-state index contributed by atoms with van der Waals surface area (Å²) < 4.78 is 1.03. The van der Waals surface area contributed by atoms with Crippen molar-refractivity contribution in [2.45, 2.75) is 9.79 Å². The summed E-state index contributed by atoms with van der Waals surface area (Å²) in [5, 5.41) is 5.37. The third-order valence-electron chi connectivity index (χ3n) is 1.05. The summed E-state index contributed by atoms with van der Waals surface area (Å²) in [6.07, 6.45) is 0. The van der Waals surface area contributed by atoms with E-state index in [2.05, 4.69) is 28.6 Å². The monoisotopic (exact) mass is 235 g/mol. The van der Waals surface area contributed by atoms with Crippen LogP contribution in [0.5, 0.6) is 0 Å². The molecule has 0 bridgehead atoms. The molecule has 0 fully saturated rings. The van der Waals surface area contributed by atoms with Gasteiger partial charge in [0.2, 0.25) is 0 Å². The van der Waals surface area contributed by atoms with Gasteiger partial charge in [-0.3, -0.25) is 5.14 Å². The van der Waals surface area contributed by atoms with E-state index in [1.807, 2.05) is 18.2 Å². The Labute approximate surface area is 78.1 Å². The second kappa shape index (κ2) is 3.67. The summed E-state index contributed by atoms with van der Waals surface area (Å²) in [5.74, 6) is 0. The maximum absolute atomic E-state index is 5.37. The van der Waals surface area contributed by atoms with Crippen LogP contribution in [-0.4, -0.2) is 0 Å². The molecule has 54 valence electrons. The number of nitrogens with two attached hydrogens (primary N) is 1. The second-order valence-corrected chi connectivity index (χ2v) is 3.80. The molecule has 0 aliphatic heterocycles. The van der Waals surface area contributed by atoms with Crippen molar-refractivity contribution in [3.63, 3.8) is 0 Å². The number of halogens is 1. The summed E-state index contributed by atoms with van der Waals surface area (Å²) in [4.78, 5) is 1.90. The van der Waals surface area contributed by atoms with E-state index in [-0.39, 0.29) is 0 Å². The first-order valence-corrected chi connectivity index (χ1v) is 4.71. The van der Waals surface area contributed by atoms with Crippen molar-refractivity contribution < 1.29 is 0 Å². The van der Waals surface area contributed by atoms with Gasteiger partial charge in [-0.15, -0.1) is 12.6 Å². The van der Waals surface area contributed by atoms with E-state index in [0.717, 1.165) is 14.3 Å². The molecule has 0 atom stereocenters. The summed E-state index contributed by atoms with van der Waals surface area (Å²) in [7, 11) is 0. The topological polar surface area (TPSA) is 26.0 Å². The molecule has 2 N–H and O–H groups in total. The third kappa shape index (κ3) is 1.92. The first kappa shape index (κ1) is 8.46. The Hall–Kier alpha value is 0.360. The zero-order valence-electron chi connectivity index (χ0n) is 5.04. The Morgan fingerprint density at radius 2 is 2.20 bits per heavy atom. The Kier molecular flexibility index (Phi) is 3.10. The third-order valence-corrected chi connectivity index (χ3v) is 2.68. The van der Waals surface area contributed by atoms with Crippen molar-refractivity contribution in [1.82, 2.24) is 0 Å². The van der Waals surface area contributed by atoms with Crippen LogP contribution in [0.2, 0.25) is 0 Å². The molecule has 0 spiro atoms. The molecule has 0 unspecified atom stereocenters. The molecule has 0 saturated heterocycles. The van der Waals surface area contributed by atoms with Gasteiger partial charge in [-0.1, -0.05) is 15.9 Å². The number of hydrogen-bond donors (Lipinski definition) is 2. The molecule has 1 aromatic carbocycles. The predicted octanol–water partition coefficient (Wildman–Crippen LogP) is 2.70. The van der Waals surface area contributed by atoms with Gasteiger partial charge in [0.15, 0.2) is 0 Å². The van der Waals surface area contributed by atoms with Gasteiger partial charge in [-0.05, 0) is 30.1 Å². The summed E-state index contributed by atoms with van der Waals surface area (Å²) in [6, 6.07) is 5.78. The largest absolute Gasteiger partial charge is 0.274 e. The van der Waals surface area contributed by atoms with Crippen molar-refractivity contribution in [1.29, 1.82) is 0 Å². The molecule has 1 aromatic rings. The van der Waals surface area contributed by atoms with Gasteiger partial charge < -0.3 is 0 Å². The molecule has 0 aliphatic rings. The first-order chi connectivity index (χ1) is 4.74. The van der Waals surface area contributed by atoms with Crippen LogP contribution < -0.4 is 5.14 Å². The molecule has 0 radical (unpaired) electrons. The van der Waals surface area contributed by atoms with E-state index in [1.165, 1.54) is 11.9 Å². The lowest BCUT2D eigenvalue weighted by molar-refractivity contribution is 1.25. The van der Waals surface area contributed by atoms with Crippen LogP contribution in [-0.2, 0) is 0 Å². The minimum absolute atomic E-state index is 0.913. The summed E-state index contributed by atoms with van der Waals surface area (Å²) >= 11 is 8.74. The van der Waals surface area contributed by atoms with Crippen molar-refractivity contribution in [3.8, 4) is 0 Å². The number of benzene rings is 1. The van der Waals surface area contributed by atoms with E-state index in [1.54, 1.807) is 0 Å². The van der Waals surface area contributed by atoms with Gasteiger partial charge >= 0.3 is 0 Å². The standard InChI is InChI=1S/C6H6BrNS2/c7-4-1-2-5(9)6(3-4)10-8/h1-3,9H,8H2. The zero-order chi connectivity index (χ0) is 7.56. The van der Waals surface area contributed by atoms with Crippen molar-refractivity contribution in [2.24, 2.45) is 5.14 Å². The smallest absolute Gasteiger partial charge is 0.0370 e. The van der Waals surface area contributed by atoms with E-state index in [0.29, 0.717) is 0 Å². The molecule has 0 saturated carbocycles. The predicted molar refractivity (Wildman–Crippen MR) is 51.4 cm³/mol. The maximum atomic E-state index is 5.37. The summed E-state index contributed by atoms with van der Waals surface area (Å²) in [6.45, 7) is 0. The van der Waals surface area contributed by atoms with Crippen LogP contribution in [0.1, 0.15) is 0 Å². The van der Waals surface area contributed by atoms with Crippen LogP contribution in [0.15, 0.2) is 32.5 Å². The molecule has 0 aromatic heterocycles. The van der Waals surface area contributed by atoms with Crippen molar-refractivity contribution in [2.75, 3.05) is 0 Å². The Balaban J connectivity index is 3.09. The van der Waals surface area contributed by atoms with Gasteiger partial charge in [-0.25, -0.2) is 0 Å². The van der Waals surface area contributed by atoms with Crippen LogP contribution in [0, 0.1) is 0 Å². The van der Waals surface area contributed by atoms with Crippen LogP contribution in [0.4, 0.5) is 0 Å². The lowest BCUT2D eigenvalue weighted by Crippen LogP contribution is -1.81. The number of hydrogen-bond acceptors (Lipinski definition) is 3. The quantitative estimate of drug-likeness (QED) is 0.579. The molecular weight excluding hydrogens is 230 g/mol. The molecule has 4 heteroatoms. The fraction of sp³-hybridized carbons (Fsp3) is 0. The van der Waals surface area contributed by atoms with E-state index >= 15 is 0 Å². The molecule has 1 rings (SSSR count). The van der Waals surface area contributed by atoms with Crippen LogP contribution >= 0.6 is 40.5 Å². The Bertz CT molecular complexity index is 239. The lowest BCUT2D eigenvalue weighted by atomic mass is 10.4. The molecule has 10 heavy (non-hydrogen) atoms. The van der Waals surface area contributed by atoms with Gasteiger partial charge in [0.1, 0.15) is 0 Å². The zero-order valence-corrected chi connectivity index (χ0v) is 8.34. The highest BCUT2D eigenvalue weighted by Gasteiger charge is 1.96. The normalized spacial score (nSPS) is 9.90. The molecule has 0 heterocycles. The SMILES string of the molecule is NSc1cc(Br)ccc1S. The van der Waals surface area contributed by atoms with E-state index in [9.17, 15) is 0 Å². The van der Waals surface area contributed by atoms with Crippen LogP contribution in [0.3, 0.4) is 0 Å². The fourth-order valence-electron chi connectivity index (χ4n) is 0.582. The molecule has 0 amide bonds. The minimum atomic E-state index is 0.913. The molecule has 1 nitrogen and oxygen atoms in total. The highest BCUT2D eigenvalue weighted by atomic mass is 79.9. The Morgan fingerprint density at radius 1 is 1.50 bits per heavy atom. The fourth-order valence-corrected chi connectivity index (χ4v) is 1.78. The first-order valence-electron chi connectivity index (χ1n) is 2.59. The maximum Gasteiger partial charge on any atom is 0.0370 e. The second-order valence-electron chi connectivity index (χ2n) is 1.73. The van der Waals surface area contributed by atoms with Crippen molar-refractivity contribution >= 4 is 40.5 Å². The highest BCUT2D eigenvalue weighted by molar-refractivity contribution is 9.10.